The van der Waals surface area contributed by atoms with Crippen LogP contribution in [-0.4, -0.2) is 63.9 Å². The second-order valence-electron chi connectivity index (χ2n) is 7.07. The number of fused-ring (bicyclic) bond motifs is 1. The summed E-state index contributed by atoms with van der Waals surface area (Å²) >= 11 is 1.15. The molecule has 2 heterocycles. The number of carbonyl (C=O) groups excluding carboxylic acids is 3. The van der Waals surface area contributed by atoms with Crippen molar-refractivity contribution in [1.82, 2.24) is 4.90 Å². The summed E-state index contributed by atoms with van der Waals surface area (Å²) in [5.74, 6) is -0.686. The summed E-state index contributed by atoms with van der Waals surface area (Å²) in [6.45, 7) is 0. The van der Waals surface area contributed by atoms with Crippen LogP contribution in [0.2, 0.25) is 0 Å². The predicted octanol–water partition coefficient (Wildman–Crippen LogP) is 1.97. The molecule has 1 aromatic rings. The second-order valence-corrected chi connectivity index (χ2v) is 8.06. The van der Waals surface area contributed by atoms with Crippen LogP contribution in [0.5, 0.6) is 0 Å². The van der Waals surface area contributed by atoms with Crippen LogP contribution in [-0.2, 0) is 9.59 Å². The molecule has 1 aromatic carbocycles. The summed E-state index contributed by atoms with van der Waals surface area (Å²) in [4.78, 5) is 47.4. The van der Waals surface area contributed by atoms with Crippen LogP contribution < -0.4 is 5.32 Å². The Balaban J connectivity index is 1.54. The van der Waals surface area contributed by atoms with E-state index in [-0.39, 0.29) is 23.4 Å². The normalized spacial score (nSPS) is 21.6. The minimum atomic E-state index is -0.797. The number of aliphatic imine (C=N–C) groups is 2. The van der Waals surface area contributed by atoms with Crippen molar-refractivity contribution in [2.45, 2.75) is 12.8 Å². The van der Waals surface area contributed by atoms with Gasteiger partial charge in [-0.15, -0.1) is 0 Å². The lowest BCUT2D eigenvalue weighted by molar-refractivity contribution is -0.407. The largest absolute Gasteiger partial charge is 0.445 e. The maximum absolute atomic E-state index is 13.0. The van der Waals surface area contributed by atoms with E-state index >= 15 is 0 Å². The fourth-order valence-corrected chi connectivity index (χ4v) is 3.98. The van der Waals surface area contributed by atoms with Crippen molar-refractivity contribution in [2.75, 3.05) is 25.2 Å². The van der Waals surface area contributed by atoms with Gasteiger partial charge in [-0.25, -0.2) is 14.2 Å². The molecule has 1 aliphatic carbocycles. The molecule has 0 saturated heterocycles. The molecule has 150 valence electrons. The molecule has 1 saturated carbocycles. The van der Waals surface area contributed by atoms with Crippen LogP contribution in [0.15, 0.2) is 34.3 Å². The molecule has 2 aliphatic heterocycles. The zero-order valence-electron chi connectivity index (χ0n) is 15.9. The van der Waals surface area contributed by atoms with Crippen molar-refractivity contribution in [1.29, 1.82) is 0 Å². The molecule has 3 aliphatic rings. The number of rotatable bonds is 4. The molecule has 29 heavy (non-hydrogen) atoms. The van der Waals surface area contributed by atoms with Gasteiger partial charge in [0.2, 0.25) is 11.7 Å². The minimum Gasteiger partial charge on any atom is -0.325 e. The van der Waals surface area contributed by atoms with Crippen molar-refractivity contribution in [2.24, 2.45) is 21.8 Å². The highest BCUT2D eigenvalue weighted by Crippen LogP contribution is 2.35. The summed E-state index contributed by atoms with van der Waals surface area (Å²) in [5, 5.41) is 3.15. The Bertz CT molecular complexity index is 998. The molecule has 1 unspecified atom stereocenters. The molecule has 1 N–H and O–H groups in total. The summed E-state index contributed by atoms with van der Waals surface area (Å²) in [6, 6.07) is 5.02. The van der Waals surface area contributed by atoms with E-state index in [2.05, 4.69) is 15.3 Å². The van der Waals surface area contributed by atoms with Gasteiger partial charge in [-0.1, -0.05) is 16.8 Å². The Morgan fingerprint density at radius 3 is 2.62 bits per heavy atom. The van der Waals surface area contributed by atoms with Gasteiger partial charge in [-0.3, -0.25) is 9.59 Å². The fraction of sp³-hybridized carbons (Fsp3) is 0.368. The molecule has 10 heteroatoms. The lowest BCUT2D eigenvalue weighted by Gasteiger charge is -2.26. The highest BCUT2D eigenvalue weighted by atomic mass is 32.2. The zero-order valence-corrected chi connectivity index (χ0v) is 16.7. The minimum absolute atomic E-state index is 0.0204. The quantitative estimate of drug-likeness (QED) is 0.760. The third-order valence-corrected chi connectivity index (χ3v) is 5.90. The topological polar surface area (TPSA) is 94.2 Å². The third-order valence-electron chi connectivity index (χ3n) is 4.88. The van der Waals surface area contributed by atoms with Crippen LogP contribution >= 0.6 is 11.8 Å². The van der Waals surface area contributed by atoms with E-state index in [1.165, 1.54) is 35.9 Å². The van der Waals surface area contributed by atoms with Gasteiger partial charge in [0, 0.05) is 11.6 Å². The molecular formula is C19H19FN5O3S+. The molecule has 0 radical (unpaired) electrons. The lowest BCUT2D eigenvalue weighted by atomic mass is 10.0. The standard InChI is InChI=1S/C19H18FN5O3S/c1-24-16-14(18(27)25(2)19(24)28)17(23-15(22-16)10-3-4-10)29-9-13(26)21-12-7-5-11(20)6-8-12/h5-8,10,14H,3-4,9H2,1-2H3/p+1. The van der Waals surface area contributed by atoms with E-state index in [1.54, 1.807) is 7.05 Å². The Hall–Kier alpha value is -2.88. The van der Waals surface area contributed by atoms with Gasteiger partial charge in [0.1, 0.15) is 10.9 Å². The SMILES string of the molecule is CN1C(=O)C2C(SCC(=O)Nc3ccc(F)cc3)=NC(C3CC3)=NC2=[N+](C)C1=O. The van der Waals surface area contributed by atoms with Gasteiger partial charge in [-0.05, 0) is 37.1 Å². The van der Waals surface area contributed by atoms with E-state index in [9.17, 15) is 18.8 Å². The summed E-state index contributed by atoms with van der Waals surface area (Å²) in [7, 11) is 3.00. The molecule has 4 amide bonds. The Kier molecular flexibility index (Phi) is 5.03. The first-order valence-electron chi connectivity index (χ1n) is 9.12. The monoisotopic (exact) mass is 416 g/mol. The number of nitrogens with one attached hydrogen (secondary N) is 1. The van der Waals surface area contributed by atoms with E-state index in [0.717, 1.165) is 29.5 Å². The molecular weight excluding hydrogens is 397 g/mol. The van der Waals surface area contributed by atoms with Gasteiger partial charge >= 0.3 is 11.9 Å². The molecule has 4 rings (SSSR count). The van der Waals surface area contributed by atoms with Gasteiger partial charge in [-0.2, -0.15) is 9.48 Å². The van der Waals surface area contributed by atoms with Crippen LogP contribution in [0.1, 0.15) is 12.8 Å². The smallest absolute Gasteiger partial charge is 0.325 e. The van der Waals surface area contributed by atoms with Crippen molar-refractivity contribution in [3.05, 3.63) is 30.1 Å². The summed E-state index contributed by atoms with van der Waals surface area (Å²) in [5.41, 5.74) is 0.480. The van der Waals surface area contributed by atoms with Crippen LogP contribution in [0, 0.1) is 17.7 Å². The van der Waals surface area contributed by atoms with E-state index in [4.69, 9.17) is 0 Å². The number of hydrogen-bond donors (Lipinski definition) is 1. The Morgan fingerprint density at radius 1 is 1.28 bits per heavy atom. The van der Waals surface area contributed by atoms with Crippen LogP contribution in [0.25, 0.3) is 0 Å². The predicted molar refractivity (Wildman–Crippen MR) is 108 cm³/mol. The molecule has 1 atom stereocenters. The number of amides is 4. The number of thioether (sulfide) groups is 1. The summed E-state index contributed by atoms with van der Waals surface area (Å²) < 4.78 is 14.4. The molecule has 8 nitrogen and oxygen atoms in total. The number of nitrogens with zero attached hydrogens (tertiary/aromatic N) is 4. The number of anilines is 1. The Labute approximate surface area is 170 Å². The Morgan fingerprint density at radius 2 is 1.97 bits per heavy atom. The van der Waals surface area contributed by atoms with Gasteiger partial charge in [0.25, 0.3) is 5.84 Å². The van der Waals surface area contributed by atoms with Crippen molar-refractivity contribution in [3.8, 4) is 0 Å². The molecule has 0 aromatic heterocycles. The van der Waals surface area contributed by atoms with Gasteiger partial charge in [0.05, 0.1) is 19.8 Å². The average molecular weight is 416 g/mol. The van der Waals surface area contributed by atoms with E-state index in [0.29, 0.717) is 22.4 Å². The highest BCUT2D eigenvalue weighted by Gasteiger charge is 2.50. The first-order chi connectivity index (χ1) is 13.8. The second kappa shape index (κ2) is 7.51. The molecule has 0 spiro atoms. The molecule has 1 fully saturated rings. The third kappa shape index (κ3) is 3.84. The molecule has 0 bridgehead atoms. The number of amidine groups is 2. The maximum atomic E-state index is 13.0. The van der Waals surface area contributed by atoms with Crippen molar-refractivity contribution >= 4 is 52.0 Å². The first kappa shape index (κ1) is 19.4. The van der Waals surface area contributed by atoms with E-state index in [1.807, 2.05) is 0 Å². The van der Waals surface area contributed by atoms with Gasteiger partial charge < -0.3 is 5.32 Å². The van der Waals surface area contributed by atoms with Crippen molar-refractivity contribution < 1.29 is 23.3 Å². The van der Waals surface area contributed by atoms with Crippen LogP contribution in [0.4, 0.5) is 14.9 Å². The number of urea groups is 1. The number of benzene rings is 1. The zero-order chi connectivity index (χ0) is 20.7. The highest BCUT2D eigenvalue weighted by molar-refractivity contribution is 8.14. The number of imide groups is 1. The number of halogens is 1. The fourth-order valence-electron chi connectivity index (χ4n) is 3.10. The first-order valence-corrected chi connectivity index (χ1v) is 10.1. The van der Waals surface area contributed by atoms with Gasteiger partial charge in [0.15, 0.2) is 5.92 Å². The lowest BCUT2D eigenvalue weighted by Crippen LogP contribution is -2.54. The maximum Gasteiger partial charge on any atom is 0.445 e. The summed E-state index contributed by atoms with van der Waals surface area (Å²) in [6.07, 6.45) is 1.93. The number of carbonyl (C=O) groups is 3. The number of hydrogen-bond acceptors (Lipinski definition) is 6. The van der Waals surface area contributed by atoms with Crippen molar-refractivity contribution in [3.63, 3.8) is 0 Å². The van der Waals surface area contributed by atoms with E-state index < -0.39 is 17.9 Å². The average Bonchev–Trinajstić information content (AvgIpc) is 3.55. The van der Waals surface area contributed by atoms with Crippen LogP contribution in [0.3, 0.4) is 0 Å².